The Kier molecular flexibility index (Phi) is 8.85. The zero-order valence-electron chi connectivity index (χ0n) is 16.5. The fourth-order valence-corrected chi connectivity index (χ4v) is 3.30. The van der Waals surface area contributed by atoms with Crippen molar-refractivity contribution in [3.05, 3.63) is 59.2 Å². The van der Waals surface area contributed by atoms with E-state index in [2.05, 4.69) is 39.5 Å². The number of hydrogen-bond acceptors (Lipinski definition) is 4. The van der Waals surface area contributed by atoms with Crippen molar-refractivity contribution in [2.45, 2.75) is 19.5 Å². The summed E-state index contributed by atoms with van der Waals surface area (Å²) in [6.45, 7) is 4.31. The van der Waals surface area contributed by atoms with Crippen LogP contribution < -0.4 is 20.5 Å². The quantitative estimate of drug-likeness (QED) is 0.351. The van der Waals surface area contributed by atoms with Crippen molar-refractivity contribution in [3.63, 3.8) is 0 Å². The number of nitrogens with one attached hydrogen (secondary N) is 1. The van der Waals surface area contributed by atoms with E-state index in [-0.39, 0.29) is 24.0 Å². The Morgan fingerprint density at radius 1 is 1.11 bits per heavy atom. The maximum absolute atomic E-state index is 6.00. The van der Waals surface area contributed by atoms with E-state index in [1.807, 2.05) is 18.2 Å². The van der Waals surface area contributed by atoms with E-state index in [4.69, 9.17) is 15.2 Å². The molecule has 0 fully saturated rings. The maximum Gasteiger partial charge on any atom is 0.188 e. The molecule has 6 nitrogen and oxygen atoms in total. The van der Waals surface area contributed by atoms with Crippen molar-refractivity contribution < 1.29 is 9.47 Å². The zero-order chi connectivity index (χ0) is 19.1. The lowest BCUT2D eigenvalue weighted by atomic mass is 10.00. The molecular weight excluding hydrogens is 467 g/mol. The van der Waals surface area contributed by atoms with Crippen LogP contribution in [0.1, 0.15) is 16.7 Å². The lowest BCUT2D eigenvalue weighted by Gasteiger charge is -2.28. The first kappa shape index (κ1) is 22.3. The Morgan fingerprint density at radius 2 is 1.86 bits per heavy atom. The minimum Gasteiger partial charge on any atom is -0.493 e. The smallest absolute Gasteiger partial charge is 0.188 e. The first-order valence-corrected chi connectivity index (χ1v) is 9.23. The Hall–Kier alpha value is -2.00. The van der Waals surface area contributed by atoms with Crippen LogP contribution in [-0.4, -0.2) is 44.7 Å². The monoisotopic (exact) mass is 496 g/mol. The molecular formula is C21H29IN4O2. The summed E-state index contributed by atoms with van der Waals surface area (Å²) in [5.74, 6) is 1.86. The fourth-order valence-electron chi connectivity index (χ4n) is 3.30. The molecule has 0 bridgehead atoms. The summed E-state index contributed by atoms with van der Waals surface area (Å²) in [4.78, 5) is 6.85. The Morgan fingerprint density at radius 3 is 2.61 bits per heavy atom. The van der Waals surface area contributed by atoms with Gasteiger partial charge in [0.15, 0.2) is 17.5 Å². The van der Waals surface area contributed by atoms with Crippen LogP contribution in [0.4, 0.5) is 0 Å². The Labute approximate surface area is 184 Å². The fraction of sp³-hybridized carbons (Fsp3) is 0.381. The molecule has 28 heavy (non-hydrogen) atoms. The predicted molar refractivity (Wildman–Crippen MR) is 124 cm³/mol. The molecule has 3 N–H and O–H groups in total. The minimum absolute atomic E-state index is 0. The van der Waals surface area contributed by atoms with E-state index in [9.17, 15) is 0 Å². The largest absolute Gasteiger partial charge is 0.493 e. The van der Waals surface area contributed by atoms with Crippen LogP contribution in [0.15, 0.2) is 47.5 Å². The molecule has 2 aromatic carbocycles. The molecule has 0 aliphatic carbocycles. The second kappa shape index (κ2) is 11.1. The van der Waals surface area contributed by atoms with Gasteiger partial charge in [0.1, 0.15) is 0 Å². The number of nitrogens with zero attached hydrogens (tertiary/aromatic N) is 2. The molecule has 0 atom stereocenters. The Bertz CT molecular complexity index is 798. The lowest BCUT2D eigenvalue weighted by Crippen LogP contribution is -2.40. The number of methoxy groups -OCH3 is 2. The van der Waals surface area contributed by atoms with Gasteiger partial charge in [-0.1, -0.05) is 30.3 Å². The molecule has 0 aromatic heterocycles. The van der Waals surface area contributed by atoms with Gasteiger partial charge >= 0.3 is 0 Å². The molecule has 0 saturated heterocycles. The van der Waals surface area contributed by atoms with Crippen molar-refractivity contribution in [1.29, 1.82) is 0 Å². The SMILES string of the molecule is COc1ccc(CN=C(N)NCCN2CCc3ccccc3C2)cc1OC.I. The highest BCUT2D eigenvalue weighted by atomic mass is 127. The molecule has 0 spiro atoms. The van der Waals surface area contributed by atoms with Crippen LogP contribution in [0.2, 0.25) is 0 Å². The summed E-state index contributed by atoms with van der Waals surface area (Å²) < 4.78 is 10.6. The molecule has 152 valence electrons. The Balaban J connectivity index is 0.00000280. The standard InChI is InChI=1S/C21H28N4O2.HI/c1-26-19-8-7-16(13-20(19)27-2)14-24-21(22)23-10-12-25-11-9-17-5-3-4-6-18(17)15-25;/h3-8,13H,9-12,14-15H2,1-2H3,(H3,22,23,24);1H. The average Bonchev–Trinajstić information content (AvgIpc) is 2.72. The van der Waals surface area contributed by atoms with Crippen LogP contribution >= 0.6 is 24.0 Å². The van der Waals surface area contributed by atoms with Crippen molar-refractivity contribution in [1.82, 2.24) is 10.2 Å². The summed E-state index contributed by atoms with van der Waals surface area (Å²) in [7, 11) is 3.25. The molecule has 7 heteroatoms. The molecule has 0 unspecified atom stereocenters. The van der Waals surface area contributed by atoms with Gasteiger partial charge in [0, 0.05) is 26.2 Å². The highest BCUT2D eigenvalue weighted by molar-refractivity contribution is 14.0. The molecule has 0 amide bonds. The number of fused-ring (bicyclic) bond motifs is 1. The number of nitrogens with two attached hydrogens (primary N) is 1. The summed E-state index contributed by atoms with van der Waals surface area (Å²) in [5, 5.41) is 3.21. The first-order chi connectivity index (χ1) is 13.2. The van der Waals surface area contributed by atoms with Crippen molar-refractivity contribution in [2.75, 3.05) is 33.9 Å². The maximum atomic E-state index is 6.00. The first-order valence-electron chi connectivity index (χ1n) is 9.23. The number of benzene rings is 2. The van der Waals surface area contributed by atoms with Crippen LogP contribution in [0.3, 0.4) is 0 Å². The van der Waals surface area contributed by atoms with Crippen molar-refractivity contribution in [2.24, 2.45) is 10.7 Å². The third-order valence-electron chi connectivity index (χ3n) is 4.82. The van der Waals surface area contributed by atoms with E-state index in [1.54, 1.807) is 14.2 Å². The number of guanidine groups is 1. The molecule has 1 aliphatic heterocycles. The van der Waals surface area contributed by atoms with Gasteiger partial charge in [-0.15, -0.1) is 24.0 Å². The van der Waals surface area contributed by atoms with E-state index in [1.165, 1.54) is 11.1 Å². The van der Waals surface area contributed by atoms with Crippen LogP contribution in [0.5, 0.6) is 11.5 Å². The summed E-state index contributed by atoms with van der Waals surface area (Å²) >= 11 is 0. The molecule has 0 saturated carbocycles. The van der Waals surface area contributed by atoms with Gasteiger partial charge in [-0.25, -0.2) is 4.99 Å². The number of rotatable bonds is 7. The third-order valence-corrected chi connectivity index (χ3v) is 4.82. The van der Waals surface area contributed by atoms with Crippen LogP contribution in [0, 0.1) is 0 Å². The molecule has 0 radical (unpaired) electrons. The van der Waals surface area contributed by atoms with Gasteiger partial charge in [-0.05, 0) is 35.2 Å². The number of halogens is 1. The number of aliphatic imine (C=N–C) groups is 1. The van der Waals surface area contributed by atoms with Gasteiger partial charge in [0.25, 0.3) is 0 Å². The minimum atomic E-state index is 0. The van der Waals surface area contributed by atoms with Crippen molar-refractivity contribution >= 4 is 29.9 Å². The number of ether oxygens (including phenoxy) is 2. The molecule has 2 aromatic rings. The summed E-state index contributed by atoms with van der Waals surface area (Å²) in [5.41, 5.74) is 9.92. The van der Waals surface area contributed by atoms with E-state index in [0.29, 0.717) is 24.0 Å². The van der Waals surface area contributed by atoms with Gasteiger partial charge < -0.3 is 20.5 Å². The normalized spacial score (nSPS) is 14.0. The molecule has 3 rings (SSSR count). The average molecular weight is 496 g/mol. The summed E-state index contributed by atoms with van der Waals surface area (Å²) in [6, 6.07) is 14.4. The molecule has 1 heterocycles. The third kappa shape index (κ3) is 6.00. The van der Waals surface area contributed by atoms with Crippen LogP contribution in [-0.2, 0) is 19.5 Å². The molecule has 1 aliphatic rings. The van der Waals surface area contributed by atoms with Gasteiger partial charge in [0.2, 0.25) is 0 Å². The van der Waals surface area contributed by atoms with Gasteiger partial charge in [-0.2, -0.15) is 0 Å². The second-order valence-electron chi connectivity index (χ2n) is 6.61. The van der Waals surface area contributed by atoms with Crippen LogP contribution in [0.25, 0.3) is 0 Å². The highest BCUT2D eigenvalue weighted by Gasteiger charge is 2.14. The topological polar surface area (TPSA) is 72.1 Å². The summed E-state index contributed by atoms with van der Waals surface area (Å²) in [6.07, 6.45) is 1.11. The van der Waals surface area contributed by atoms with Crippen molar-refractivity contribution in [3.8, 4) is 11.5 Å². The predicted octanol–water partition coefficient (Wildman–Crippen LogP) is 2.78. The van der Waals surface area contributed by atoms with E-state index in [0.717, 1.165) is 38.2 Å². The van der Waals surface area contributed by atoms with Gasteiger partial charge in [0.05, 0.1) is 20.8 Å². The van der Waals surface area contributed by atoms with Gasteiger partial charge in [-0.3, -0.25) is 4.90 Å². The second-order valence-corrected chi connectivity index (χ2v) is 6.61. The zero-order valence-corrected chi connectivity index (χ0v) is 18.8. The number of hydrogen-bond donors (Lipinski definition) is 2. The van der Waals surface area contributed by atoms with E-state index < -0.39 is 0 Å². The lowest BCUT2D eigenvalue weighted by molar-refractivity contribution is 0.258. The highest BCUT2D eigenvalue weighted by Crippen LogP contribution is 2.27. The van der Waals surface area contributed by atoms with E-state index >= 15 is 0 Å².